The molecule has 2 heteroatoms. The first-order valence-electron chi connectivity index (χ1n) is 6.54. The van der Waals surface area contributed by atoms with E-state index in [1.54, 1.807) is 6.08 Å². The number of carbonyl (C=O) groups is 1. The van der Waals surface area contributed by atoms with Crippen LogP contribution >= 0.6 is 0 Å². The van der Waals surface area contributed by atoms with Gasteiger partial charge in [0.05, 0.1) is 0 Å². The molecular formula is C16H23NO. The van der Waals surface area contributed by atoms with Crippen molar-refractivity contribution in [2.75, 3.05) is 13.1 Å². The number of likely N-dealkylation sites (N-methyl/N-ethyl adjacent to an activating group) is 1. The highest BCUT2D eigenvalue weighted by Crippen LogP contribution is 2.16. The fourth-order valence-electron chi connectivity index (χ4n) is 1.97. The summed E-state index contributed by atoms with van der Waals surface area (Å²) in [4.78, 5) is 13.7. The van der Waals surface area contributed by atoms with Gasteiger partial charge in [-0.2, -0.15) is 0 Å². The van der Waals surface area contributed by atoms with Gasteiger partial charge < -0.3 is 4.90 Å². The lowest BCUT2D eigenvalue weighted by Gasteiger charge is -2.15. The summed E-state index contributed by atoms with van der Waals surface area (Å²) in [6.07, 6.45) is 3.57. The van der Waals surface area contributed by atoms with Crippen LogP contribution in [-0.4, -0.2) is 23.9 Å². The highest BCUT2D eigenvalue weighted by Gasteiger charge is 2.05. The Hall–Kier alpha value is -1.57. The van der Waals surface area contributed by atoms with Crippen LogP contribution in [0.1, 0.15) is 36.1 Å². The van der Waals surface area contributed by atoms with E-state index in [4.69, 9.17) is 0 Å². The zero-order valence-electron chi connectivity index (χ0n) is 12.1. The Morgan fingerprint density at radius 3 is 2.06 bits per heavy atom. The van der Waals surface area contributed by atoms with Crippen LogP contribution in [0.5, 0.6) is 0 Å². The molecule has 0 atom stereocenters. The number of benzene rings is 1. The number of aryl methyl sites for hydroxylation is 2. The summed E-state index contributed by atoms with van der Waals surface area (Å²) >= 11 is 0. The van der Waals surface area contributed by atoms with Crippen LogP contribution in [0.4, 0.5) is 0 Å². The third-order valence-corrected chi connectivity index (χ3v) is 3.44. The Kier molecular flexibility index (Phi) is 5.14. The lowest BCUT2D eigenvalue weighted by molar-refractivity contribution is -0.125. The lowest BCUT2D eigenvalue weighted by Crippen LogP contribution is -2.28. The van der Waals surface area contributed by atoms with E-state index >= 15 is 0 Å². The predicted molar refractivity (Wildman–Crippen MR) is 77.6 cm³/mol. The van der Waals surface area contributed by atoms with Crippen LogP contribution in [-0.2, 0) is 4.79 Å². The summed E-state index contributed by atoms with van der Waals surface area (Å²) in [5.41, 5.74) is 4.95. The topological polar surface area (TPSA) is 20.3 Å². The smallest absolute Gasteiger partial charge is 0.246 e. The highest BCUT2D eigenvalue weighted by molar-refractivity contribution is 5.91. The molecule has 0 saturated carbocycles. The zero-order valence-corrected chi connectivity index (χ0v) is 12.1. The summed E-state index contributed by atoms with van der Waals surface area (Å²) in [7, 11) is 0. The summed E-state index contributed by atoms with van der Waals surface area (Å²) < 4.78 is 0. The molecule has 1 aromatic carbocycles. The molecule has 0 saturated heterocycles. The van der Waals surface area contributed by atoms with E-state index in [-0.39, 0.29) is 5.91 Å². The number of carbonyl (C=O) groups excluding carboxylic acids is 1. The van der Waals surface area contributed by atoms with Crippen molar-refractivity contribution in [2.24, 2.45) is 0 Å². The minimum absolute atomic E-state index is 0.0795. The second-order valence-corrected chi connectivity index (χ2v) is 4.62. The molecule has 1 aromatic rings. The fraction of sp³-hybridized carbons (Fsp3) is 0.438. The van der Waals surface area contributed by atoms with Gasteiger partial charge in [0.1, 0.15) is 0 Å². The van der Waals surface area contributed by atoms with E-state index in [0.717, 1.165) is 18.7 Å². The van der Waals surface area contributed by atoms with Gasteiger partial charge in [-0.1, -0.05) is 12.1 Å². The van der Waals surface area contributed by atoms with Gasteiger partial charge in [-0.15, -0.1) is 0 Å². The van der Waals surface area contributed by atoms with Crippen molar-refractivity contribution in [2.45, 2.75) is 34.6 Å². The minimum atomic E-state index is 0.0795. The number of nitrogens with zero attached hydrogens (tertiary/aromatic N) is 1. The summed E-state index contributed by atoms with van der Waals surface area (Å²) in [5.74, 6) is 0.0795. The molecule has 0 aliphatic rings. The maximum absolute atomic E-state index is 11.9. The van der Waals surface area contributed by atoms with E-state index < -0.39 is 0 Å². The van der Waals surface area contributed by atoms with E-state index in [0.29, 0.717) is 0 Å². The van der Waals surface area contributed by atoms with Crippen LogP contribution in [0.25, 0.3) is 6.08 Å². The van der Waals surface area contributed by atoms with Crippen LogP contribution in [0.15, 0.2) is 18.2 Å². The van der Waals surface area contributed by atoms with E-state index in [9.17, 15) is 4.79 Å². The van der Waals surface area contributed by atoms with Crippen molar-refractivity contribution in [1.29, 1.82) is 0 Å². The number of hydrogen-bond acceptors (Lipinski definition) is 1. The van der Waals surface area contributed by atoms with E-state index in [1.165, 1.54) is 16.7 Å². The number of amides is 1. The van der Waals surface area contributed by atoms with Crippen LogP contribution in [0.3, 0.4) is 0 Å². The average Bonchev–Trinajstić information content (AvgIpc) is 2.34. The Labute approximate surface area is 110 Å². The maximum atomic E-state index is 11.9. The van der Waals surface area contributed by atoms with Crippen molar-refractivity contribution in [3.8, 4) is 0 Å². The molecule has 0 aliphatic heterocycles. The standard InChI is InChI=1S/C16H23NO/c1-6-17(7-2)16(18)9-8-15-10-12(3)14(5)13(4)11-15/h8-11H,6-7H2,1-5H3/b9-8-. The molecule has 0 aliphatic carbocycles. The Morgan fingerprint density at radius 2 is 1.61 bits per heavy atom. The molecule has 0 N–H and O–H groups in total. The molecule has 1 rings (SSSR count). The van der Waals surface area contributed by atoms with Crippen LogP contribution in [0, 0.1) is 20.8 Å². The van der Waals surface area contributed by atoms with Crippen molar-refractivity contribution < 1.29 is 4.79 Å². The monoisotopic (exact) mass is 245 g/mol. The van der Waals surface area contributed by atoms with Gasteiger partial charge >= 0.3 is 0 Å². The molecule has 18 heavy (non-hydrogen) atoms. The van der Waals surface area contributed by atoms with Crippen molar-refractivity contribution in [1.82, 2.24) is 4.90 Å². The molecule has 0 fully saturated rings. The van der Waals surface area contributed by atoms with Gasteiger partial charge in [-0.05, 0) is 62.9 Å². The summed E-state index contributed by atoms with van der Waals surface area (Å²) in [6, 6.07) is 4.24. The predicted octanol–water partition coefficient (Wildman–Crippen LogP) is 3.49. The number of hydrogen-bond donors (Lipinski definition) is 0. The Morgan fingerprint density at radius 1 is 1.11 bits per heavy atom. The molecule has 0 radical (unpaired) electrons. The molecule has 0 aromatic heterocycles. The molecule has 0 spiro atoms. The first kappa shape index (κ1) is 14.5. The van der Waals surface area contributed by atoms with Crippen molar-refractivity contribution in [3.05, 3.63) is 40.5 Å². The summed E-state index contributed by atoms with van der Waals surface area (Å²) in [5, 5.41) is 0. The molecule has 0 bridgehead atoms. The van der Waals surface area contributed by atoms with E-state index in [2.05, 4.69) is 32.9 Å². The SMILES string of the molecule is CCN(CC)C(=O)/C=C\c1cc(C)c(C)c(C)c1. The van der Waals surface area contributed by atoms with Gasteiger partial charge in [-0.25, -0.2) is 0 Å². The van der Waals surface area contributed by atoms with Crippen LogP contribution < -0.4 is 0 Å². The number of rotatable bonds is 4. The van der Waals surface area contributed by atoms with Crippen molar-refractivity contribution >= 4 is 12.0 Å². The third kappa shape index (κ3) is 3.46. The average molecular weight is 245 g/mol. The highest BCUT2D eigenvalue weighted by atomic mass is 16.2. The first-order chi connectivity index (χ1) is 8.49. The van der Waals surface area contributed by atoms with Gasteiger partial charge in [0.2, 0.25) is 5.91 Å². The van der Waals surface area contributed by atoms with Gasteiger partial charge in [0, 0.05) is 19.2 Å². The Balaban J connectivity index is 2.88. The maximum Gasteiger partial charge on any atom is 0.246 e. The molecule has 98 valence electrons. The lowest BCUT2D eigenvalue weighted by atomic mass is 10.0. The Bertz CT molecular complexity index is 433. The fourth-order valence-corrected chi connectivity index (χ4v) is 1.97. The van der Waals surface area contributed by atoms with Crippen molar-refractivity contribution in [3.63, 3.8) is 0 Å². The van der Waals surface area contributed by atoms with Gasteiger partial charge in [0.25, 0.3) is 0 Å². The third-order valence-electron chi connectivity index (χ3n) is 3.44. The van der Waals surface area contributed by atoms with Gasteiger partial charge in [0.15, 0.2) is 0 Å². The second kappa shape index (κ2) is 6.39. The molecule has 0 unspecified atom stereocenters. The molecule has 2 nitrogen and oxygen atoms in total. The molecule has 1 amide bonds. The van der Waals surface area contributed by atoms with Crippen LogP contribution in [0.2, 0.25) is 0 Å². The normalized spacial score (nSPS) is 10.9. The van der Waals surface area contributed by atoms with Gasteiger partial charge in [-0.3, -0.25) is 4.79 Å². The summed E-state index contributed by atoms with van der Waals surface area (Å²) in [6.45, 7) is 11.8. The largest absolute Gasteiger partial charge is 0.340 e. The quantitative estimate of drug-likeness (QED) is 0.744. The molecule has 0 heterocycles. The molecular weight excluding hydrogens is 222 g/mol. The zero-order chi connectivity index (χ0) is 13.7. The minimum Gasteiger partial charge on any atom is -0.340 e. The van der Waals surface area contributed by atoms with E-state index in [1.807, 2.05) is 24.8 Å². The first-order valence-corrected chi connectivity index (χ1v) is 6.54. The second-order valence-electron chi connectivity index (χ2n) is 4.62.